The fraction of sp³-hybridized carbons (Fsp3) is 0.520. The molecule has 4 rings (SSSR count). The molecule has 0 atom stereocenters. The van der Waals surface area contributed by atoms with Gasteiger partial charge in [0.15, 0.2) is 5.78 Å². The van der Waals surface area contributed by atoms with Crippen LogP contribution in [0.5, 0.6) is 5.75 Å². The normalized spacial score (nSPS) is 19.2. The minimum Gasteiger partial charge on any atom is -0.491 e. The van der Waals surface area contributed by atoms with Gasteiger partial charge in [-0.05, 0) is 64.8 Å². The molecular weight excluding hydrogens is 409 g/mol. The Morgan fingerprint density at radius 3 is 2.41 bits per heavy atom. The number of benzene rings is 1. The fourth-order valence-electron chi connectivity index (χ4n) is 5.17. The first-order valence-corrected chi connectivity index (χ1v) is 11.3. The number of Topliss-reactive ketones (excluding diaryl/α,β-unsaturated/α-hetero) is 1. The number of amides is 1. The number of hydrogen-bond donors (Lipinski definition) is 1. The molecule has 1 amide bonds. The van der Waals surface area contributed by atoms with Crippen LogP contribution >= 0.6 is 0 Å². The molecule has 2 aromatic rings. The molecule has 0 aliphatic carbocycles. The van der Waals surface area contributed by atoms with Crippen molar-refractivity contribution in [2.45, 2.75) is 71.2 Å². The molecule has 3 heterocycles. The molecule has 1 spiro atoms. The highest BCUT2D eigenvalue weighted by atomic mass is 19.1. The third-order valence-electron chi connectivity index (χ3n) is 6.41. The molecule has 7 heteroatoms. The third-order valence-corrected chi connectivity index (χ3v) is 6.41. The summed E-state index contributed by atoms with van der Waals surface area (Å²) in [6.07, 6.45) is 1.32. The summed E-state index contributed by atoms with van der Waals surface area (Å²) < 4.78 is 22.3. The summed E-state index contributed by atoms with van der Waals surface area (Å²) in [5.74, 6) is -0.395. The van der Waals surface area contributed by atoms with Crippen LogP contribution in [0.2, 0.25) is 0 Å². The summed E-state index contributed by atoms with van der Waals surface area (Å²) in [4.78, 5) is 26.9. The van der Waals surface area contributed by atoms with Crippen molar-refractivity contribution in [3.63, 3.8) is 0 Å². The second-order valence-electron chi connectivity index (χ2n) is 9.94. The Morgan fingerprint density at radius 1 is 1.12 bits per heavy atom. The highest BCUT2D eigenvalue weighted by Crippen LogP contribution is 2.40. The van der Waals surface area contributed by atoms with Crippen LogP contribution in [0.3, 0.4) is 0 Å². The maximum Gasteiger partial charge on any atom is 0.256 e. The molecule has 1 aromatic carbocycles. The molecule has 2 aliphatic heterocycles. The number of carbonyl (C=O) groups is 2. The number of halogens is 1. The van der Waals surface area contributed by atoms with Gasteiger partial charge in [0.1, 0.15) is 11.6 Å². The van der Waals surface area contributed by atoms with Gasteiger partial charge in [-0.1, -0.05) is 0 Å². The van der Waals surface area contributed by atoms with Crippen molar-refractivity contribution in [2.75, 3.05) is 13.1 Å². The molecule has 2 aliphatic rings. The number of rotatable bonds is 4. The van der Waals surface area contributed by atoms with Gasteiger partial charge >= 0.3 is 0 Å². The minimum absolute atomic E-state index is 0.0529. The number of nitrogens with zero attached hydrogens (tertiary/aromatic N) is 2. The number of ketones is 1. The number of fused-ring (bicyclic) bond motifs is 2. The molecule has 1 N–H and O–H groups in total. The lowest BCUT2D eigenvalue weighted by Crippen LogP contribution is -2.63. The quantitative estimate of drug-likeness (QED) is 0.725. The van der Waals surface area contributed by atoms with E-state index >= 15 is 0 Å². The number of piperidine rings is 1. The average Bonchev–Trinajstić information content (AvgIpc) is 3.11. The Kier molecular flexibility index (Phi) is 5.65. The number of ether oxygens (including phenoxy) is 1. The van der Waals surface area contributed by atoms with Gasteiger partial charge < -0.3 is 14.2 Å². The smallest absolute Gasteiger partial charge is 0.256 e. The molecule has 1 aromatic heterocycles. The van der Waals surface area contributed by atoms with Crippen molar-refractivity contribution in [2.24, 2.45) is 0 Å². The van der Waals surface area contributed by atoms with Gasteiger partial charge in [0.25, 0.3) is 5.91 Å². The van der Waals surface area contributed by atoms with Crippen molar-refractivity contribution in [3.8, 4) is 5.75 Å². The van der Waals surface area contributed by atoms with E-state index in [-0.39, 0.29) is 34.4 Å². The summed E-state index contributed by atoms with van der Waals surface area (Å²) in [5.41, 5.74) is 1.37. The number of hydrogen-bond acceptors (Lipinski definition) is 4. The van der Waals surface area contributed by atoms with E-state index in [9.17, 15) is 14.0 Å². The van der Waals surface area contributed by atoms with E-state index in [1.165, 1.54) is 12.1 Å². The number of nitrogens with one attached hydrogen (secondary N) is 1. The summed E-state index contributed by atoms with van der Waals surface area (Å²) >= 11 is 0. The monoisotopic (exact) mass is 441 g/mol. The highest BCUT2D eigenvalue weighted by molar-refractivity contribution is 5.95. The molecule has 172 valence electrons. The Morgan fingerprint density at radius 2 is 1.81 bits per heavy atom. The van der Waals surface area contributed by atoms with Gasteiger partial charge in [-0.25, -0.2) is 4.39 Å². The average molecular weight is 442 g/mol. The van der Waals surface area contributed by atoms with Crippen LogP contribution in [0.15, 0.2) is 30.3 Å². The second kappa shape index (κ2) is 8.03. The van der Waals surface area contributed by atoms with Crippen LogP contribution in [0, 0.1) is 5.82 Å². The predicted molar refractivity (Wildman–Crippen MR) is 121 cm³/mol. The highest BCUT2D eigenvalue weighted by Gasteiger charge is 2.46. The van der Waals surface area contributed by atoms with Crippen LogP contribution in [0.1, 0.15) is 74.0 Å². The van der Waals surface area contributed by atoms with Crippen molar-refractivity contribution < 1.29 is 18.7 Å². The van der Waals surface area contributed by atoms with Crippen LogP contribution in [-0.2, 0) is 12.1 Å². The first kappa shape index (κ1) is 22.5. The Bertz CT molecular complexity index is 1050. The molecule has 0 bridgehead atoms. The Labute approximate surface area is 188 Å². The van der Waals surface area contributed by atoms with Gasteiger partial charge in [0.2, 0.25) is 0 Å². The van der Waals surface area contributed by atoms with Crippen molar-refractivity contribution in [3.05, 3.63) is 53.1 Å². The molecule has 32 heavy (non-hydrogen) atoms. The van der Waals surface area contributed by atoms with E-state index in [0.717, 1.165) is 11.4 Å². The van der Waals surface area contributed by atoms with E-state index in [2.05, 4.69) is 23.7 Å². The standard InChI is InChI=1S/C25H32FN3O3/c1-16(2)32-18-6-7-19(20(26)14-18)23(31)28-12-10-25(11-13-28)22-9-8-21(17(3)30)29(22)15-24(4,5)27-25/h6-9,14,16,27H,10-13,15H2,1-5H3. The number of carbonyl (C=O) groups excluding carboxylic acids is 2. The zero-order chi connectivity index (χ0) is 23.3. The molecule has 1 fully saturated rings. The number of aromatic nitrogens is 1. The van der Waals surface area contributed by atoms with Gasteiger partial charge in [0, 0.05) is 43.9 Å². The van der Waals surface area contributed by atoms with E-state index in [0.29, 0.717) is 38.2 Å². The summed E-state index contributed by atoms with van der Waals surface area (Å²) in [6, 6.07) is 8.36. The molecule has 0 saturated carbocycles. The summed E-state index contributed by atoms with van der Waals surface area (Å²) in [5, 5.41) is 3.79. The van der Waals surface area contributed by atoms with E-state index in [1.54, 1.807) is 17.9 Å². The van der Waals surface area contributed by atoms with Crippen LogP contribution < -0.4 is 10.1 Å². The topological polar surface area (TPSA) is 63.6 Å². The van der Waals surface area contributed by atoms with Gasteiger partial charge in [-0.15, -0.1) is 0 Å². The maximum absolute atomic E-state index is 14.7. The van der Waals surface area contributed by atoms with Crippen LogP contribution in [-0.4, -0.2) is 45.9 Å². The van der Waals surface area contributed by atoms with Crippen LogP contribution in [0.4, 0.5) is 4.39 Å². The fourth-order valence-corrected chi connectivity index (χ4v) is 5.17. The SMILES string of the molecule is CC(=O)c1ccc2n1CC(C)(C)NC21CCN(C(=O)c2ccc(OC(C)C)cc2F)CC1. The predicted octanol–water partition coefficient (Wildman–Crippen LogP) is 4.13. The zero-order valence-electron chi connectivity index (χ0n) is 19.5. The molecule has 6 nitrogen and oxygen atoms in total. The minimum atomic E-state index is -0.565. The van der Waals surface area contributed by atoms with Crippen molar-refractivity contribution in [1.82, 2.24) is 14.8 Å². The van der Waals surface area contributed by atoms with E-state index in [1.807, 2.05) is 26.0 Å². The Hall–Kier alpha value is -2.67. The second-order valence-corrected chi connectivity index (χ2v) is 9.94. The first-order valence-electron chi connectivity index (χ1n) is 11.3. The lowest BCUT2D eigenvalue weighted by Gasteiger charge is -2.51. The van der Waals surface area contributed by atoms with Gasteiger partial charge in [-0.3, -0.25) is 14.9 Å². The molecule has 0 radical (unpaired) electrons. The van der Waals surface area contributed by atoms with E-state index in [4.69, 9.17) is 4.74 Å². The van der Waals surface area contributed by atoms with Gasteiger partial charge in [0.05, 0.1) is 22.9 Å². The van der Waals surface area contributed by atoms with Crippen LogP contribution in [0.25, 0.3) is 0 Å². The number of likely N-dealkylation sites (tertiary alicyclic amines) is 1. The molecular formula is C25H32FN3O3. The lowest BCUT2D eigenvalue weighted by atomic mass is 9.79. The lowest BCUT2D eigenvalue weighted by molar-refractivity contribution is 0.0515. The van der Waals surface area contributed by atoms with E-state index < -0.39 is 5.82 Å². The Balaban J connectivity index is 1.54. The van der Waals surface area contributed by atoms with Crippen molar-refractivity contribution >= 4 is 11.7 Å². The largest absolute Gasteiger partial charge is 0.491 e. The maximum atomic E-state index is 14.7. The third kappa shape index (κ3) is 4.06. The summed E-state index contributed by atoms with van der Waals surface area (Å²) in [7, 11) is 0. The first-order chi connectivity index (χ1) is 15.0. The summed E-state index contributed by atoms with van der Waals surface area (Å²) in [6.45, 7) is 11.3. The molecule has 0 unspecified atom stereocenters. The van der Waals surface area contributed by atoms with Gasteiger partial charge in [-0.2, -0.15) is 0 Å². The zero-order valence-corrected chi connectivity index (χ0v) is 19.5. The van der Waals surface area contributed by atoms with Crippen molar-refractivity contribution in [1.29, 1.82) is 0 Å². The molecule has 1 saturated heterocycles.